The van der Waals surface area contributed by atoms with Crippen molar-refractivity contribution in [2.75, 3.05) is 24.2 Å². The van der Waals surface area contributed by atoms with Gasteiger partial charge in [0.05, 0.1) is 5.75 Å². The molecule has 0 aliphatic heterocycles. The first-order valence-corrected chi connectivity index (χ1v) is 8.93. The second-order valence-electron chi connectivity index (χ2n) is 5.81. The molecule has 1 aromatic carbocycles. The van der Waals surface area contributed by atoms with Crippen LogP contribution >= 0.6 is 11.8 Å². The standard InChI is InChI=1S/C17H23FN2O4S/c1-11(2)8-19-15(21)9-24-17(23)12(3)25-10-16(22)20-14-6-4-13(18)5-7-14/h4-7,11-12H,8-10H2,1-3H3,(H,19,21)(H,20,22)/t12-/m0/s1. The van der Waals surface area contributed by atoms with Crippen molar-refractivity contribution in [3.05, 3.63) is 30.1 Å². The van der Waals surface area contributed by atoms with Crippen molar-refractivity contribution in [3.63, 3.8) is 0 Å². The molecule has 0 bridgehead atoms. The predicted molar refractivity (Wildman–Crippen MR) is 95.8 cm³/mol. The summed E-state index contributed by atoms with van der Waals surface area (Å²) in [6.45, 7) is 5.71. The lowest BCUT2D eigenvalue weighted by atomic mass is 10.2. The Balaban J connectivity index is 2.26. The summed E-state index contributed by atoms with van der Waals surface area (Å²) < 4.78 is 17.7. The van der Waals surface area contributed by atoms with E-state index in [9.17, 15) is 18.8 Å². The number of benzene rings is 1. The van der Waals surface area contributed by atoms with Crippen molar-refractivity contribution >= 4 is 35.2 Å². The zero-order valence-electron chi connectivity index (χ0n) is 14.5. The topological polar surface area (TPSA) is 84.5 Å². The lowest BCUT2D eigenvalue weighted by molar-refractivity contribution is -0.147. The number of anilines is 1. The number of halogens is 1. The molecule has 2 amide bonds. The van der Waals surface area contributed by atoms with Crippen LogP contribution in [0.15, 0.2) is 24.3 Å². The molecule has 2 N–H and O–H groups in total. The van der Waals surface area contributed by atoms with E-state index in [1.54, 1.807) is 6.92 Å². The van der Waals surface area contributed by atoms with Gasteiger partial charge in [0.1, 0.15) is 11.1 Å². The molecule has 6 nitrogen and oxygen atoms in total. The molecule has 25 heavy (non-hydrogen) atoms. The van der Waals surface area contributed by atoms with E-state index in [1.807, 2.05) is 13.8 Å². The van der Waals surface area contributed by atoms with Crippen LogP contribution < -0.4 is 10.6 Å². The zero-order chi connectivity index (χ0) is 18.8. The lowest BCUT2D eigenvalue weighted by Crippen LogP contribution is -2.33. The highest BCUT2D eigenvalue weighted by molar-refractivity contribution is 8.01. The molecule has 0 unspecified atom stereocenters. The molecule has 0 saturated heterocycles. The van der Waals surface area contributed by atoms with E-state index in [4.69, 9.17) is 4.74 Å². The van der Waals surface area contributed by atoms with E-state index < -0.39 is 11.2 Å². The molecule has 1 rings (SSSR count). The third-order valence-electron chi connectivity index (χ3n) is 2.98. The Morgan fingerprint density at radius 3 is 2.36 bits per heavy atom. The molecule has 0 fully saturated rings. The van der Waals surface area contributed by atoms with Gasteiger partial charge in [-0.3, -0.25) is 14.4 Å². The third-order valence-corrected chi connectivity index (χ3v) is 4.10. The number of carbonyl (C=O) groups is 3. The number of hydrogen-bond acceptors (Lipinski definition) is 5. The van der Waals surface area contributed by atoms with Gasteiger partial charge in [0.25, 0.3) is 5.91 Å². The molecule has 0 saturated carbocycles. The van der Waals surface area contributed by atoms with E-state index in [0.29, 0.717) is 18.2 Å². The van der Waals surface area contributed by atoms with Crippen molar-refractivity contribution < 1.29 is 23.5 Å². The van der Waals surface area contributed by atoms with Gasteiger partial charge >= 0.3 is 5.97 Å². The number of esters is 1. The summed E-state index contributed by atoms with van der Waals surface area (Å²) in [5.74, 6) is -1.26. The maximum Gasteiger partial charge on any atom is 0.319 e. The molecule has 0 radical (unpaired) electrons. The van der Waals surface area contributed by atoms with E-state index in [2.05, 4.69) is 10.6 Å². The van der Waals surface area contributed by atoms with Gasteiger partial charge in [0.2, 0.25) is 5.91 Å². The normalized spacial score (nSPS) is 11.7. The predicted octanol–water partition coefficient (Wildman–Crippen LogP) is 2.20. The summed E-state index contributed by atoms with van der Waals surface area (Å²) in [6.07, 6.45) is 0. The quantitative estimate of drug-likeness (QED) is 0.651. The summed E-state index contributed by atoms with van der Waals surface area (Å²) in [5.41, 5.74) is 0.476. The summed E-state index contributed by atoms with van der Waals surface area (Å²) >= 11 is 1.09. The highest BCUT2D eigenvalue weighted by Crippen LogP contribution is 2.14. The van der Waals surface area contributed by atoms with Crippen LogP contribution in [0.4, 0.5) is 10.1 Å². The number of thioether (sulfide) groups is 1. The van der Waals surface area contributed by atoms with Gasteiger partial charge in [-0.15, -0.1) is 11.8 Å². The van der Waals surface area contributed by atoms with Crippen LogP contribution in [0.3, 0.4) is 0 Å². The number of hydrogen-bond donors (Lipinski definition) is 2. The third kappa shape index (κ3) is 9.09. The van der Waals surface area contributed by atoms with Gasteiger partial charge in [0.15, 0.2) is 6.61 Å². The van der Waals surface area contributed by atoms with Crippen LogP contribution in [0.1, 0.15) is 20.8 Å². The van der Waals surface area contributed by atoms with Gasteiger partial charge in [-0.05, 0) is 37.1 Å². The average Bonchev–Trinajstić information content (AvgIpc) is 2.57. The SMILES string of the molecule is CC(C)CNC(=O)COC(=O)[C@H](C)SCC(=O)Nc1ccc(F)cc1. The van der Waals surface area contributed by atoms with Crippen LogP contribution in [0.5, 0.6) is 0 Å². The van der Waals surface area contributed by atoms with Crippen molar-refractivity contribution in [3.8, 4) is 0 Å². The van der Waals surface area contributed by atoms with Crippen molar-refractivity contribution in [1.29, 1.82) is 0 Å². The summed E-state index contributed by atoms with van der Waals surface area (Å²) in [4.78, 5) is 35.1. The monoisotopic (exact) mass is 370 g/mol. The van der Waals surface area contributed by atoms with E-state index in [1.165, 1.54) is 24.3 Å². The minimum absolute atomic E-state index is 0.0349. The number of ether oxygens (including phenoxy) is 1. The number of rotatable bonds is 9. The van der Waals surface area contributed by atoms with Gasteiger partial charge in [0, 0.05) is 12.2 Å². The number of carbonyl (C=O) groups excluding carboxylic acids is 3. The summed E-state index contributed by atoms with van der Waals surface area (Å²) in [6, 6.07) is 5.39. The van der Waals surface area contributed by atoms with E-state index in [0.717, 1.165) is 11.8 Å². The molecule has 0 aliphatic carbocycles. The number of amides is 2. The van der Waals surface area contributed by atoms with Crippen LogP contribution in [-0.4, -0.2) is 41.9 Å². The molecular formula is C17H23FN2O4S. The first-order chi connectivity index (χ1) is 11.8. The molecule has 0 aliphatic rings. The molecule has 1 aromatic rings. The van der Waals surface area contributed by atoms with Crippen LogP contribution in [0, 0.1) is 11.7 Å². The molecular weight excluding hydrogens is 347 g/mol. The molecule has 0 aromatic heterocycles. The molecule has 8 heteroatoms. The first kappa shape index (κ1) is 21.0. The van der Waals surface area contributed by atoms with Gasteiger partial charge in [-0.25, -0.2) is 4.39 Å². The fourth-order valence-electron chi connectivity index (χ4n) is 1.62. The highest BCUT2D eigenvalue weighted by Gasteiger charge is 2.18. The van der Waals surface area contributed by atoms with Crippen molar-refractivity contribution in [1.82, 2.24) is 5.32 Å². The van der Waals surface area contributed by atoms with E-state index in [-0.39, 0.29) is 30.0 Å². The molecule has 0 heterocycles. The fourth-order valence-corrected chi connectivity index (χ4v) is 2.30. The second-order valence-corrected chi connectivity index (χ2v) is 7.14. The van der Waals surface area contributed by atoms with Crippen LogP contribution in [0.25, 0.3) is 0 Å². The summed E-state index contributed by atoms with van der Waals surface area (Å²) in [7, 11) is 0. The van der Waals surface area contributed by atoms with Gasteiger partial charge < -0.3 is 15.4 Å². The van der Waals surface area contributed by atoms with Crippen LogP contribution in [-0.2, 0) is 19.1 Å². The fraction of sp³-hybridized carbons (Fsp3) is 0.471. The van der Waals surface area contributed by atoms with Crippen LogP contribution in [0.2, 0.25) is 0 Å². The maximum atomic E-state index is 12.8. The van der Waals surface area contributed by atoms with Gasteiger partial charge in [-0.2, -0.15) is 0 Å². The van der Waals surface area contributed by atoms with Crippen molar-refractivity contribution in [2.24, 2.45) is 5.92 Å². The first-order valence-electron chi connectivity index (χ1n) is 7.88. The minimum Gasteiger partial charge on any atom is -0.455 e. The lowest BCUT2D eigenvalue weighted by Gasteiger charge is -2.12. The Morgan fingerprint density at radius 2 is 1.76 bits per heavy atom. The molecule has 0 spiro atoms. The second kappa shape index (κ2) is 10.7. The average molecular weight is 370 g/mol. The Morgan fingerprint density at radius 1 is 1.12 bits per heavy atom. The zero-order valence-corrected chi connectivity index (χ0v) is 15.3. The summed E-state index contributed by atoms with van der Waals surface area (Å²) in [5, 5.41) is 4.66. The Hall–Kier alpha value is -2.09. The smallest absolute Gasteiger partial charge is 0.319 e. The highest BCUT2D eigenvalue weighted by atomic mass is 32.2. The maximum absolute atomic E-state index is 12.8. The molecule has 138 valence electrons. The Kier molecular flexibility index (Phi) is 8.98. The Bertz CT molecular complexity index is 593. The van der Waals surface area contributed by atoms with E-state index >= 15 is 0 Å². The largest absolute Gasteiger partial charge is 0.455 e. The Labute approximate surface area is 150 Å². The van der Waals surface area contributed by atoms with Crippen molar-refractivity contribution in [2.45, 2.75) is 26.0 Å². The number of nitrogens with one attached hydrogen (secondary N) is 2. The molecule has 1 atom stereocenters. The minimum atomic E-state index is -0.586. The van der Waals surface area contributed by atoms with Gasteiger partial charge in [-0.1, -0.05) is 13.8 Å².